The SMILES string of the molecule is CSc1nsc(SC)c1C(=O)Nc1cnn(Cc2c(C)noc2C)c1. The van der Waals surface area contributed by atoms with Gasteiger partial charge in [-0.3, -0.25) is 9.48 Å². The van der Waals surface area contributed by atoms with E-state index in [1.54, 1.807) is 17.1 Å². The third-order valence-corrected chi connectivity index (χ3v) is 6.37. The molecule has 0 radical (unpaired) electrons. The Kier molecular flexibility index (Phi) is 5.50. The zero-order chi connectivity index (χ0) is 18.0. The van der Waals surface area contributed by atoms with E-state index in [9.17, 15) is 4.79 Å². The number of rotatable bonds is 6. The monoisotopic (exact) mass is 395 g/mol. The quantitative estimate of drug-likeness (QED) is 0.637. The number of nitrogens with zero attached hydrogens (tertiary/aromatic N) is 4. The number of thioether (sulfide) groups is 2. The van der Waals surface area contributed by atoms with Crippen molar-refractivity contribution in [3.63, 3.8) is 0 Å². The van der Waals surface area contributed by atoms with Crippen LogP contribution < -0.4 is 5.32 Å². The van der Waals surface area contributed by atoms with Crippen molar-refractivity contribution in [3.8, 4) is 0 Å². The largest absolute Gasteiger partial charge is 0.361 e. The summed E-state index contributed by atoms with van der Waals surface area (Å²) in [5, 5.41) is 11.9. The van der Waals surface area contributed by atoms with Gasteiger partial charge in [-0.25, -0.2) is 0 Å². The topological polar surface area (TPSA) is 85.8 Å². The zero-order valence-corrected chi connectivity index (χ0v) is 16.6. The molecule has 0 aliphatic rings. The van der Waals surface area contributed by atoms with Gasteiger partial charge < -0.3 is 9.84 Å². The molecule has 3 aromatic heterocycles. The number of nitrogens with one attached hydrogen (secondary N) is 1. The second kappa shape index (κ2) is 7.63. The minimum atomic E-state index is -0.167. The van der Waals surface area contributed by atoms with Crippen molar-refractivity contribution in [2.75, 3.05) is 17.8 Å². The van der Waals surface area contributed by atoms with Crippen molar-refractivity contribution < 1.29 is 9.32 Å². The Balaban J connectivity index is 1.75. The normalized spacial score (nSPS) is 11.0. The maximum atomic E-state index is 12.6. The predicted octanol–water partition coefficient (Wildman–Crippen LogP) is 3.69. The standard InChI is InChI=1S/C15H17N5O2S3/c1-8-11(9(2)22-18-8)7-20-6-10(5-16-20)17-13(21)12-14(23-3)19-25-15(12)24-4/h5-6H,7H2,1-4H3,(H,17,21). The van der Waals surface area contributed by atoms with Gasteiger partial charge in [0.15, 0.2) is 0 Å². The van der Waals surface area contributed by atoms with Gasteiger partial charge in [0.25, 0.3) is 5.91 Å². The molecule has 0 saturated carbocycles. The summed E-state index contributed by atoms with van der Waals surface area (Å²) in [4.78, 5) is 12.6. The molecule has 10 heteroatoms. The number of amides is 1. The molecule has 0 unspecified atom stereocenters. The number of hydrogen-bond acceptors (Lipinski definition) is 8. The highest BCUT2D eigenvalue weighted by atomic mass is 32.2. The van der Waals surface area contributed by atoms with E-state index < -0.39 is 0 Å². The molecule has 132 valence electrons. The lowest BCUT2D eigenvalue weighted by atomic mass is 10.2. The third-order valence-electron chi connectivity index (χ3n) is 3.63. The second-order valence-corrected chi connectivity index (χ2v) is 7.89. The van der Waals surface area contributed by atoms with Gasteiger partial charge in [-0.05, 0) is 37.9 Å². The van der Waals surface area contributed by atoms with Crippen LogP contribution in [-0.2, 0) is 6.54 Å². The number of carbonyl (C=O) groups is 1. The molecule has 7 nitrogen and oxygen atoms in total. The van der Waals surface area contributed by atoms with E-state index in [1.807, 2.05) is 26.4 Å². The summed E-state index contributed by atoms with van der Waals surface area (Å²) >= 11 is 4.34. The van der Waals surface area contributed by atoms with E-state index in [-0.39, 0.29) is 5.91 Å². The van der Waals surface area contributed by atoms with Crippen molar-refractivity contribution >= 4 is 46.7 Å². The first-order chi connectivity index (χ1) is 12.0. The Morgan fingerprint density at radius 1 is 1.36 bits per heavy atom. The summed E-state index contributed by atoms with van der Waals surface area (Å²) in [5.41, 5.74) is 3.11. The van der Waals surface area contributed by atoms with E-state index in [0.29, 0.717) is 17.8 Å². The van der Waals surface area contributed by atoms with Crippen molar-refractivity contribution in [3.05, 3.63) is 35.0 Å². The number of aromatic nitrogens is 4. The number of anilines is 1. The first-order valence-corrected chi connectivity index (χ1v) is 10.6. The third kappa shape index (κ3) is 3.75. The van der Waals surface area contributed by atoms with Crippen molar-refractivity contribution in [1.29, 1.82) is 0 Å². The van der Waals surface area contributed by atoms with Crippen LogP contribution in [0.25, 0.3) is 0 Å². The van der Waals surface area contributed by atoms with Crippen LogP contribution in [0.5, 0.6) is 0 Å². The van der Waals surface area contributed by atoms with Gasteiger partial charge in [0.2, 0.25) is 0 Å². The fourth-order valence-corrected chi connectivity index (χ4v) is 4.61. The van der Waals surface area contributed by atoms with Gasteiger partial charge in [-0.2, -0.15) is 9.47 Å². The van der Waals surface area contributed by atoms with Crippen LogP contribution in [0.3, 0.4) is 0 Å². The van der Waals surface area contributed by atoms with Crippen LogP contribution in [0, 0.1) is 13.8 Å². The van der Waals surface area contributed by atoms with Crippen molar-refractivity contribution in [1.82, 2.24) is 19.3 Å². The Morgan fingerprint density at radius 3 is 2.80 bits per heavy atom. The maximum Gasteiger partial charge on any atom is 0.260 e. The second-order valence-electron chi connectivity index (χ2n) is 5.24. The van der Waals surface area contributed by atoms with Crippen LogP contribution in [0.15, 0.2) is 26.2 Å². The molecule has 0 bridgehead atoms. The fourth-order valence-electron chi connectivity index (χ4n) is 2.33. The van der Waals surface area contributed by atoms with Crippen molar-refractivity contribution in [2.45, 2.75) is 29.6 Å². The van der Waals surface area contributed by atoms with E-state index >= 15 is 0 Å². The summed E-state index contributed by atoms with van der Waals surface area (Å²) in [5.74, 6) is 0.608. The van der Waals surface area contributed by atoms with Gasteiger partial charge in [0.05, 0.1) is 33.9 Å². The first-order valence-electron chi connectivity index (χ1n) is 7.36. The highest BCUT2D eigenvalue weighted by Crippen LogP contribution is 2.33. The lowest BCUT2D eigenvalue weighted by Gasteiger charge is -2.04. The molecule has 3 rings (SSSR count). The number of aryl methyl sites for hydroxylation is 2. The fraction of sp³-hybridized carbons (Fsp3) is 0.333. The van der Waals surface area contributed by atoms with Gasteiger partial charge in [0.1, 0.15) is 10.8 Å². The predicted molar refractivity (Wildman–Crippen MR) is 101 cm³/mol. The molecule has 0 aliphatic heterocycles. The Morgan fingerprint density at radius 2 is 2.16 bits per heavy atom. The zero-order valence-electron chi connectivity index (χ0n) is 14.2. The molecule has 0 spiro atoms. The van der Waals surface area contributed by atoms with E-state index in [4.69, 9.17) is 4.52 Å². The van der Waals surface area contributed by atoms with Gasteiger partial charge in [0, 0.05) is 11.8 Å². The summed E-state index contributed by atoms with van der Waals surface area (Å²) in [6.45, 7) is 4.32. The Hall–Kier alpha value is -1.78. The first kappa shape index (κ1) is 18.0. The van der Waals surface area contributed by atoms with E-state index in [2.05, 4.69) is 19.9 Å². The lowest BCUT2D eigenvalue weighted by molar-refractivity contribution is 0.102. The Bertz CT molecular complexity index is 858. The molecule has 0 fully saturated rings. The molecule has 3 aromatic rings. The molecule has 0 aliphatic carbocycles. The van der Waals surface area contributed by atoms with E-state index in [1.165, 1.54) is 35.1 Å². The summed E-state index contributed by atoms with van der Waals surface area (Å²) in [7, 11) is 0. The summed E-state index contributed by atoms with van der Waals surface area (Å²) in [6, 6.07) is 0. The van der Waals surface area contributed by atoms with Crippen LogP contribution in [0.1, 0.15) is 27.4 Å². The van der Waals surface area contributed by atoms with Crippen LogP contribution in [-0.4, -0.2) is 37.7 Å². The molecular formula is C15H17N5O2S3. The molecule has 1 N–H and O–H groups in total. The maximum absolute atomic E-state index is 12.6. The van der Waals surface area contributed by atoms with Crippen molar-refractivity contribution in [2.24, 2.45) is 0 Å². The summed E-state index contributed by atoms with van der Waals surface area (Å²) < 4.78 is 12.2. The van der Waals surface area contributed by atoms with Gasteiger partial charge >= 0.3 is 0 Å². The van der Waals surface area contributed by atoms with Crippen LogP contribution in [0.4, 0.5) is 5.69 Å². The van der Waals surface area contributed by atoms with Crippen LogP contribution in [0.2, 0.25) is 0 Å². The molecule has 3 heterocycles. The molecule has 0 aromatic carbocycles. The van der Waals surface area contributed by atoms with Gasteiger partial charge in [-0.1, -0.05) is 5.16 Å². The summed E-state index contributed by atoms with van der Waals surface area (Å²) in [6.07, 6.45) is 7.28. The lowest BCUT2D eigenvalue weighted by Crippen LogP contribution is -2.12. The minimum absolute atomic E-state index is 0.167. The molecule has 0 atom stereocenters. The number of hydrogen-bond donors (Lipinski definition) is 1. The van der Waals surface area contributed by atoms with Crippen LogP contribution >= 0.6 is 35.1 Å². The number of carbonyl (C=O) groups excluding carboxylic acids is 1. The highest BCUT2D eigenvalue weighted by Gasteiger charge is 2.20. The highest BCUT2D eigenvalue weighted by molar-refractivity contribution is 8.01. The molecule has 0 saturated heterocycles. The molecule has 25 heavy (non-hydrogen) atoms. The van der Waals surface area contributed by atoms with Gasteiger partial charge in [-0.15, -0.1) is 23.5 Å². The Labute approximate surface area is 157 Å². The average molecular weight is 396 g/mol. The average Bonchev–Trinajstić information content (AvgIpc) is 3.29. The minimum Gasteiger partial charge on any atom is -0.361 e. The molecular weight excluding hydrogens is 378 g/mol. The molecule has 1 amide bonds. The smallest absolute Gasteiger partial charge is 0.260 e. The van der Waals surface area contributed by atoms with E-state index in [0.717, 1.165) is 26.3 Å².